The van der Waals surface area contributed by atoms with E-state index in [0.29, 0.717) is 11.1 Å². The summed E-state index contributed by atoms with van der Waals surface area (Å²) in [5, 5.41) is 2.84. The van der Waals surface area contributed by atoms with Crippen molar-refractivity contribution in [3.8, 4) is 0 Å². The number of amides is 1. The van der Waals surface area contributed by atoms with Crippen molar-refractivity contribution in [1.82, 2.24) is 5.32 Å². The molecule has 2 aromatic rings. The Bertz CT molecular complexity index is 894. The molecule has 0 aliphatic heterocycles. The molecule has 1 atom stereocenters. The molecule has 6 nitrogen and oxygen atoms in total. The van der Waals surface area contributed by atoms with Crippen LogP contribution in [0.1, 0.15) is 40.9 Å². The molecule has 0 aromatic heterocycles. The third kappa shape index (κ3) is 6.86. The Balaban J connectivity index is 2.20. The summed E-state index contributed by atoms with van der Waals surface area (Å²) in [6.45, 7) is 1.99. The fraction of sp³-hybridized carbons (Fsp3) is 0.300. The van der Waals surface area contributed by atoms with Gasteiger partial charge in [0.15, 0.2) is 9.84 Å². The number of hydrogen-bond donors (Lipinski definition) is 1. The SMILES string of the molecule is CCOC(=O)CC(NC(=O)c1cccc(CS(C)(=O)=O)c1)c1ccccc1. The summed E-state index contributed by atoms with van der Waals surface area (Å²) in [4.78, 5) is 24.6. The molecule has 7 heteroatoms. The average molecular weight is 389 g/mol. The number of benzene rings is 2. The molecule has 2 aromatic carbocycles. The van der Waals surface area contributed by atoms with Gasteiger partial charge in [0.05, 0.1) is 24.8 Å². The number of sulfone groups is 1. The van der Waals surface area contributed by atoms with E-state index in [2.05, 4.69) is 5.32 Å². The maximum absolute atomic E-state index is 12.7. The van der Waals surface area contributed by atoms with Crippen LogP contribution in [0.5, 0.6) is 0 Å². The number of rotatable bonds is 8. The molecule has 0 radical (unpaired) electrons. The van der Waals surface area contributed by atoms with Crippen molar-refractivity contribution >= 4 is 21.7 Å². The van der Waals surface area contributed by atoms with E-state index in [9.17, 15) is 18.0 Å². The van der Waals surface area contributed by atoms with E-state index in [-0.39, 0.29) is 24.7 Å². The quantitative estimate of drug-likeness (QED) is 0.701. The Morgan fingerprint density at radius 2 is 1.78 bits per heavy atom. The van der Waals surface area contributed by atoms with E-state index in [0.717, 1.165) is 11.8 Å². The summed E-state index contributed by atoms with van der Waals surface area (Å²) in [7, 11) is -3.20. The second-order valence-electron chi connectivity index (χ2n) is 6.22. The maximum atomic E-state index is 12.7. The first kappa shape index (κ1) is 20.6. The number of ether oxygens (including phenoxy) is 1. The van der Waals surface area contributed by atoms with Crippen LogP contribution < -0.4 is 5.32 Å². The minimum Gasteiger partial charge on any atom is -0.466 e. The molecule has 0 heterocycles. The van der Waals surface area contributed by atoms with Gasteiger partial charge in [-0.05, 0) is 30.2 Å². The van der Waals surface area contributed by atoms with Crippen molar-refractivity contribution in [2.45, 2.75) is 25.1 Å². The number of hydrogen-bond acceptors (Lipinski definition) is 5. The fourth-order valence-electron chi connectivity index (χ4n) is 2.67. The number of carbonyl (C=O) groups excluding carboxylic acids is 2. The topological polar surface area (TPSA) is 89.5 Å². The van der Waals surface area contributed by atoms with Crippen molar-refractivity contribution in [2.75, 3.05) is 12.9 Å². The summed E-state index contributed by atoms with van der Waals surface area (Å²) in [6.07, 6.45) is 1.15. The predicted molar refractivity (Wildman–Crippen MR) is 103 cm³/mol. The molecule has 0 aliphatic carbocycles. The molecule has 1 N–H and O–H groups in total. The monoisotopic (exact) mass is 389 g/mol. The smallest absolute Gasteiger partial charge is 0.308 e. The second kappa shape index (κ2) is 9.32. The molecule has 0 fully saturated rings. The lowest BCUT2D eigenvalue weighted by molar-refractivity contribution is -0.143. The van der Waals surface area contributed by atoms with Crippen LogP contribution in [0.25, 0.3) is 0 Å². The summed E-state index contributed by atoms with van der Waals surface area (Å²) in [6, 6.07) is 15.0. The van der Waals surface area contributed by atoms with Crippen LogP contribution >= 0.6 is 0 Å². The van der Waals surface area contributed by atoms with Gasteiger partial charge in [0.25, 0.3) is 5.91 Å². The van der Waals surface area contributed by atoms with Crippen LogP contribution in [0, 0.1) is 0 Å². The van der Waals surface area contributed by atoms with Gasteiger partial charge in [-0.15, -0.1) is 0 Å². The van der Waals surface area contributed by atoms with E-state index in [1.165, 1.54) is 0 Å². The highest BCUT2D eigenvalue weighted by Crippen LogP contribution is 2.19. The zero-order valence-corrected chi connectivity index (χ0v) is 16.2. The highest BCUT2D eigenvalue weighted by molar-refractivity contribution is 7.89. The van der Waals surface area contributed by atoms with E-state index < -0.39 is 21.8 Å². The van der Waals surface area contributed by atoms with E-state index in [4.69, 9.17) is 4.74 Å². The zero-order valence-electron chi connectivity index (χ0n) is 15.3. The van der Waals surface area contributed by atoms with Crippen LogP contribution in [0.3, 0.4) is 0 Å². The molecule has 0 saturated carbocycles. The van der Waals surface area contributed by atoms with Gasteiger partial charge >= 0.3 is 5.97 Å². The molecule has 0 spiro atoms. The number of nitrogens with one attached hydrogen (secondary N) is 1. The van der Waals surface area contributed by atoms with Gasteiger partial charge in [-0.25, -0.2) is 8.42 Å². The Morgan fingerprint density at radius 3 is 2.41 bits per heavy atom. The molecule has 144 valence electrons. The molecule has 27 heavy (non-hydrogen) atoms. The lowest BCUT2D eigenvalue weighted by atomic mass is 10.0. The zero-order chi connectivity index (χ0) is 19.9. The molecule has 1 amide bonds. The molecule has 1 unspecified atom stereocenters. The highest BCUT2D eigenvalue weighted by atomic mass is 32.2. The molecule has 0 saturated heterocycles. The molecule has 2 rings (SSSR count). The van der Waals surface area contributed by atoms with Crippen molar-refractivity contribution in [2.24, 2.45) is 0 Å². The maximum Gasteiger partial charge on any atom is 0.308 e. The second-order valence-corrected chi connectivity index (χ2v) is 8.36. The van der Waals surface area contributed by atoms with Gasteiger partial charge < -0.3 is 10.1 Å². The van der Waals surface area contributed by atoms with Crippen LogP contribution in [0.15, 0.2) is 54.6 Å². The van der Waals surface area contributed by atoms with Crippen molar-refractivity contribution in [1.29, 1.82) is 0 Å². The number of carbonyl (C=O) groups is 2. The fourth-order valence-corrected chi connectivity index (χ4v) is 3.46. The summed E-state index contributed by atoms with van der Waals surface area (Å²) in [5.41, 5.74) is 1.65. The van der Waals surface area contributed by atoms with Gasteiger partial charge in [-0.3, -0.25) is 9.59 Å². The Hall–Kier alpha value is -2.67. The third-order valence-electron chi connectivity index (χ3n) is 3.80. The van der Waals surface area contributed by atoms with Gasteiger partial charge in [-0.2, -0.15) is 0 Å². The summed E-state index contributed by atoms with van der Waals surface area (Å²) in [5.74, 6) is -0.931. The Labute approximate surface area is 159 Å². The van der Waals surface area contributed by atoms with Gasteiger partial charge in [0.1, 0.15) is 0 Å². The van der Waals surface area contributed by atoms with E-state index >= 15 is 0 Å². The van der Waals surface area contributed by atoms with Gasteiger partial charge in [-0.1, -0.05) is 42.5 Å². The first-order valence-corrected chi connectivity index (χ1v) is 10.6. The van der Waals surface area contributed by atoms with Crippen molar-refractivity contribution < 1.29 is 22.7 Å². The normalized spacial score (nSPS) is 12.2. The highest BCUT2D eigenvalue weighted by Gasteiger charge is 2.20. The first-order valence-electron chi connectivity index (χ1n) is 8.56. The minimum absolute atomic E-state index is 0.00657. The van der Waals surface area contributed by atoms with Crippen LogP contribution in [0.4, 0.5) is 0 Å². The average Bonchev–Trinajstić information content (AvgIpc) is 2.61. The molecular weight excluding hydrogens is 366 g/mol. The molecule has 0 aliphatic rings. The van der Waals surface area contributed by atoms with Gasteiger partial charge in [0, 0.05) is 11.8 Å². The summed E-state index contributed by atoms with van der Waals surface area (Å²) < 4.78 is 27.9. The van der Waals surface area contributed by atoms with Gasteiger partial charge in [0.2, 0.25) is 0 Å². The lowest BCUT2D eigenvalue weighted by Gasteiger charge is -2.19. The van der Waals surface area contributed by atoms with Crippen LogP contribution in [0.2, 0.25) is 0 Å². The standard InChI is InChI=1S/C20H23NO5S/c1-3-26-19(22)13-18(16-9-5-4-6-10-16)21-20(23)17-11-7-8-15(12-17)14-27(2,24)25/h4-12,18H,3,13-14H2,1-2H3,(H,21,23). The predicted octanol–water partition coefficient (Wildman–Crippen LogP) is 2.66. The van der Waals surface area contributed by atoms with E-state index in [1.54, 1.807) is 31.2 Å². The van der Waals surface area contributed by atoms with E-state index in [1.807, 2.05) is 30.3 Å². The minimum atomic E-state index is -3.20. The van der Waals surface area contributed by atoms with Crippen LogP contribution in [-0.2, 0) is 25.1 Å². The van der Waals surface area contributed by atoms with Crippen molar-refractivity contribution in [3.63, 3.8) is 0 Å². The summed E-state index contributed by atoms with van der Waals surface area (Å²) >= 11 is 0. The molecule has 0 bridgehead atoms. The van der Waals surface area contributed by atoms with Crippen LogP contribution in [-0.4, -0.2) is 33.2 Å². The Morgan fingerprint density at radius 1 is 1.07 bits per heavy atom. The first-order chi connectivity index (χ1) is 12.8. The lowest BCUT2D eigenvalue weighted by Crippen LogP contribution is -2.30. The Kier molecular flexibility index (Phi) is 7.12. The molecular formula is C20H23NO5S. The largest absolute Gasteiger partial charge is 0.466 e. The number of esters is 1. The third-order valence-corrected chi connectivity index (χ3v) is 4.66. The van der Waals surface area contributed by atoms with Crippen molar-refractivity contribution in [3.05, 3.63) is 71.3 Å².